The smallest absolute Gasteiger partial charge is 0.226 e. The van der Waals surface area contributed by atoms with Gasteiger partial charge in [-0.15, -0.1) is 0 Å². The largest absolute Gasteiger partial charge is 0.485 e. The van der Waals surface area contributed by atoms with Gasteiger partial charge in [0.25, 0.3) is 0 Å². The number of anilines is 1. The summed E-state index contributed by atoms with van der Waals surface area (Å²) in [5.74, 6) is 0.512. The van der Waals surface area contributed by atoms with E-state index in [-0.39, 0.29) is 24.5 Å². The van der Waals surface area contributed by atoms with Crippen molar-refractivity contribution in [1.82, 2.24) is 4.98 Å². The third-order valence-corrected chi connectivity index (χ3v) is 4.35. The number of rotatable bonds is 8. The number of carbonyl (C=O) groups is 2. The van der Waals surface area contributed by atoms with Crippen LogP contribution in [0.4, 0.5) is 5.82 Å². The van der Waals surface area contributed by atoms with Gasteiger partial charge in [-0.3, -0.25) is 9.59 Å². The van der Waals surface area contributed by atoms with E-state index < -0.39 is 0 Å². The van der Waals surface area contributed by atoms with E-state index in [9.17, 15) is 9.59 Å². The third-order valence-electron chi connectivity index (χ3n) is 4.35. The Morgan fingerprint density at radius 3 is 2.46 bits per heavy atom. The summed E-state index contributed by atoms with van der Waals surface area (Å²) < 4.78 is 5.86. The Morgan fingerprint density at radius 1 is 0.929 bits per heavy atom. The maximum absolute atomic E-state index is 12.3. The van der Waals surface area contributed by atoms with Crippen molar-refractivity contribution in [2.75, 3.05) is 5.32 Å². The van der Waals surface area contributed by atoms with Crippen LogP contribution in [0.2, 0.25) is 0 Å². The van der Waals surface area contributed by atoms with E-state index in [2.05, 4.69) is 10.3 Å². The summed E-state index contributed by atoms with van der Waals surface area (Å²) in [4.78, 5) is 28.6. The summed E-state index contributed by atoms with van der Waals surface area (Å²) in [6.45, 7) is 2.40. The lowest BCUT2D eigenvalue weighted by atomic mass is 10.1. The van der Waals surface area contributed by atoms with Crippen molar-refractivity contribution in [3.05, 3.63) is 89.6 Å². The Labute approximate surface area is 164 Å². The van der Waals surface area contributed by atoms with Crippen LogP contribution < -0.4 is 10.1 Å². The minimum absolute atomic E-state index is 0.0622. The number of amides is 1. The number of benzene rings is 2. The third kappa shape index (κ3) is 5.27. The van der Waals surface area contributed by atoms with Gasteiger partial charge in [-0.1, -0.05) is 54.6 Å². The van der Waals surface area contributed by atoms with Crippen LogP contribution in [0.3, 0.4) is 0 Å². The SMILES string of the molecule is Cc1ccccc1COc1cccnc1NC(=O)CCC(=O)c1ccccc1. The molecular formula is C23H22N2O3. The number of ketones is 1. The van der Waals surface area contributed by atoms with Crippen LogP contribution in [0.15, 0.2) is 72.9 Å². The van der Waals surface area contributed by atoms with Gasteiger partial charge in [0.05, 0.1) is 0 Å². The second-order valence-corrected chi connectivity index (χ2v) is 6.40. The highest BCUT2D eigenvalue weighted by Gasteiger charge is 2.12. The number of Topliss-reactive ketones (excluding diaryl/α,β-unsaturated/α-hetero) is 1. The molecule has 0 fully saturated rings. The highest BCUT2D eigenvalue weighted by Crippen LogP contribution is 2.23. The normalized spacial score (nSPS) is 10.3. The highest BCUT2D eigenvalue weighted by atomic mass is 16.5. The molecule has 0 aliphatic rings. The van der Waals surface area contributed by atoms with Gasteiger partial charge in [0.1, 0.15) is 6.61 Å². The first-order valence-electron chi connectivity index (χ1n) is 9.14. The molecule has 1 N–H and O–H groups in total. The first-order valence-corrected chi connectivity index (χ1v) is 9.14. The summed E-state index contributed by atoms with van der Waals surface area (Å²) in [6, 6.07) is 20.4. The van der Waals surface area contributed by atoms with Gasteiger partial charge in [0.15, 0.2) is 17.4 Å². The van der Waals surface area contributed by atoms with Gasteiger partial charge in [0.2, 0.25) is 5.91 Å². The zero-order valence-electron chi connectivity index (χ0n) is 15.7. The van der Waals surface area contributed by atoms with Crippen molar-refractivity contribution in [2.24, 2.45) is 0 Å². The van der Waals surface area contributed by atoms with E-state index in [4.69, 9.17) is 4.74 Å². The predicted molar refractivity (Wildman–Crippen MR) is 108 cm³/mol. The van der Waals surface area contributed by atoms with Crippen LogP contribution in [-0.2, 0) is 11.4 Å². The molecule has 0 bridgehead atoms. The van der Waals surface area contributed by atoms with Crippen molar-refractivity contribution in [3.8, 4) is 5.75 Å². The number of carbonyl (C=O) groups excluding carboxylic acids is 2. The summed E-state index contributed by atoms with van der Waals surface area (Å²) >= 11 is 0. The average Bonchev–Trinajstić information content (AvgIpc) is 2.73. The Morgan fingerprint density at radius 2 is 1.68 bits per heavy atom. The molecule has 3 aromatic rings. The maximum atomic E-state index is 12.3. The Kier molecular flexibility index (Phi) is 6.52. The second kappa shape index (κ2) is 9.46. The van der Waals surface area contributed by atoms with Crippen LogP contribution in [0.1, 0.15) is 34.3 Å². The van der Waals surface area contributed by atoms with Crippen molar-refractivity contribution in [3.63, 3.8) is 0 Å². The fraction of sp³-hybridized carbons (Fsp3) is 0.174. The molecule has 5 heteroatoms. The molecule has 0 unspecified atom stereocenters. The number of nitrogens with one attached hydrogen (secondary N) is 1. The van der Waals surface area contributed by atoms with E-state index in [0.717, 1.165) is 11.1 Å². The van der Waals surface area contributed by atoms with E-state index in [1.807, 2.05) is 37.3 Å². The van der Waals surface area contributed by atoms with Gasteiger partial charge in [-0.2, -0.15) is 0 Å². The lowest BCUT2D eigenvalue weighted by Gasteiger charge is -2.12. The topological polar surface area (TPSA) is 68.3 Å². The Balaban J connectivity index is 1.57. The Hall–Kier alpha value is -3.47. The zero-order valence-corrected chi connectivity index (χ0v) is 15.7. The number of pyridine rings is 1. The van der Waals surface area contributed by atoms with E-state index in [0.29, 0.717) is 23.7 Å². The molecule has 0 saturated carbocycles. The van der Waals surface area contributed by atoms with Gasteiger partial charge in [0, 0.05) is 24.6 Å². The van der Waals surface area contributed by atoms with E-state index in [1.54, 1.807) is 42.6 Å². The molecule has 3 rings (SSSR count). The monoisotopic (exact) mass is 374 g/mol. The van der Waals surface area contributed by atoms with E-state index >= 15 is 0 Å². The quantitative estimate of drug-likeness (QED) is 0.587. The minimum Gasteiger partial charge on any atom is -0.485 e. The maximum Gasteiger partial charge on any atom is 0.226 e. The van der Waals surface area contributed by atoms with Gasteiger partial charge in [-0.05, 0) is 30.2 Å². The molecule has 0 saturated heterocycles. The molecule has 1 amide bonds. The summed E-state index contributed by atoms with van der Waals surface area (Å²) in [5, 5.41) is 2.74. The summed E-state index contributed by atoms with van der Waals surface area (Å²) in [7, 11) is 0. The Bertz CT molecular complexity index is 955. The number of ether oxygens (including phenoxy) is 1. The number of hydrogen-bond donors (Lipinski definition) is 1. The highest BCUT2D eigenvalue weighted by molar-refractivity contribution is 6.00. The molecule has 142 valence electrons. The number of nitrogens with zero attached hydrogens (tertiary/aromatic N) is 1. The van der Waals surface area contributed by atoms with Crippen molar-refractivity contribution in [2.45, 2.75) is 26.4 Å². The van der Waals surface area contributed by atoms with E-state index in [1.165, 1.54) is 0 Å². The first-order chi connectivity index (χ1) is 13.6. The van der Waals surface area contributed by atoms with Crippen molar-refractivity contribution < 1.29 is 14.3 Å². The fourth-order valence-electron chi connectivity index (χ4n) is 2.72. The van der Waals surface area contributed by atoms with Gasteiger partial charge < -0.3 is 10.1 Å². The molecule has 0 spiro atoms. The van der Waals surface area contributed by atoms with Crippen LogP contribution in [0.25, 0.3) is 0 Å². The minimum atomic E-state index is -0.274. The van der Waals surface area contributed by atoms with Crippen LogP contribution in [0.5, 0.6) is 5.75 Å². The second-order valence-electron chi connectivity index (χ2n) is 6.40. The first kappa shape index (κ1) is 19.3. The van der Waals surface area contributed by atoms with Gasteiger partial charge >= 0.3 is 0 Å². The molecule has 1 aromatic heterocycles. The predicted octanol–water partition coefficient (Wildman–Crippen LogP) is 4.57. The van der Waals surface area contributed by atoms with Crippen LogP contribution >= 0.6 is 0 Å². The molecule has 0 atom stereocenters. The molecule has 0 radical (unpaired) electrons. The molecule has 28 heavy (non-hydrogen) atoms. The van der Waals surface area contributed by atoms with Crippen LogP contribution in [-0.4, -0.2) is 16.7 Å². The fourth-order valence-corrected chi connectivity index (χ4v) is 2.72. The standard InChI is InChI=1S/C23H22N2O3/c1-17-8-5-6-11-19(17)16-28-21-12-7-15-24-23(21)25-22(27)14-13-20(26)18-9-3-2-4-10-18/h2-12,15H,13-14,16H2,1H3,(H,24,25,27). The lowest BCUT2D eigenvalue weighted by molar-refractivity contribution is -0.116. The summed E-state index contributed by atoms with van der Waals surface area (Å²) in [5.41, 5.74) is 2.81. The van der Waals surface area contributed by atoms with Crippen molar-refractivity contribution >= 4 is 17.5 Å². The molecule has 2 aromatic carbocycles. The van der Waals surface area contributed by atoms with Gasteiger partial charge in [-0.25, -0.2) is 4.98 Å². The molecule has 5 nitrogen and oxygen atoms in total. The van der Waals surface area contributed by atoms with Crippen molar-refractivity contribution in [1.29, 1.82) is 0 Å². The number of hydrogen-bond acceptors (Lipinski definition) is 4. The molecular weight excluding hydrogens is 352 g/mol. The number of aryl methyl sites for hydroxylation is 1. The molecule has 0 aliphatic carbocycles. The average molecular weight is 374 g/mol. The number of aromatic nitrogens is 1. The zero-order chi connectivity index (χ0) is 19.8. The lowest BCUT2D eigenvalue weighted by Crippen LogP contribution is -2.15. The summed E-state index contributed by atoms with van der Waals surface area (Å²) in [6.07, 6.45) is 1.81. The molecule has 1 heterocycles. The van der Waals surface area contributed by atoms with Crippen LogP contribution in [0, 0.1) is 6.92 Å². The molecule has 0 aliphatic heterocycles.